The van der Waals surface area contributed by atoms with Crippen molar-refractivity contribution in [2.75, 3.05) is 19.7 Å². The maximum atomic E-state index is 13.5. The molecule has 0 aliphatic carbocycles. The third-order valence-electron chi connectivity index (χ3n) is 5.86. The lowest BCUT2D eigenvalue weighted by Crippen LogP contribution is -2.45. The van der Waals surface area contributed by atoms with Crippen LogP contribution in [0.2, 0.25) is 0 Å². The quantitative estimate of drug-likeness (QED) is 0.322. The second-order valence-electron chi connectivity index (χ2n) is 8.44. The average molecular weight is 478 g/mol. The van der Waals surface area contributed by atoms with E-state index >= 15 is 0 Å². The summed E-state index contributed by atoms with van der Waals surface area (Å²) in [6.07, 6.45) is 3.04. The smallest absolute Gasteiger partial charge is 0.270 e. The number of carbonyl (C=O) groups excluding carboxylic acids is 2. The van der Waals surface area contributed by atoms with Gasteiger partial charge >= 0.3 is 0 Å². The highest BCUT2D eigenvalue weighted by atomic mass is 16.6. The van der Waals surface area contributed by atoms with Crippen LogP contribution in [-0.2, 0) is 22.6 Å². The molecule has 1 aliphatic heterocycles. The molecule has 0 saturated carbocycles. The maximum Gasteiger partial charge on any atom is 0.270 e. The van der Waals surface area contributed by atoms with Crippen molar-refractivity contribution >= 4 is 17.5 Å². The Morgan fingerprint density at radius 3 is 2.51 bits per heavy atom. The fourth-order valence-electron chi connectivity index (χ4n) is 4.08. The number of benzene rings is 2. The fraction of sp³-hybridized carbons (Fsp3) is 0.308. The van der Waals surface area contributed by atoms with Crippen molar-refractivity contribution in [3.63, 3.8) is 0 Å². The van der Waals surface area contributed by atoms with Crippen molar-refractivity contribution in [1.82, 2.24) is 9.80 Å². The van der Waals surface area contributed by atoms with Crippen molar-refractivity contribution in [2.45, 2.75) is 32.0 Å². The molecule has 2 aromatic carbocycles. The summed E-state index contributed by atoms with van der Waals surface area (Å²) >= 11 is 0. The van der Waals surface area contributed by atoms with Crippen LogP contribution in [0, 0.1) is 10.1 Å². The number of rotatable bonds is 10. The van der Waals surface area contributed by atoms with E-state index in [4.69, 9.17) is 9.15 Å². The summed E-state index contributed by atoms with van der Waals surface area (Å²) in [6, 6.07) is 18.7. The number of ether oxygens (including phenoxy) is 1. The van der Waals surface area contributed by atoms with Crippen LogP contribution in [0.1, 0.15) is 34.5 Å². The topological polar surface area (TPSA) is 106 Å². The number of furan rings is 1. The molecular formula is C26H27N3O6. The van der Waals surface area contributed by atoms with Gasteiger partial charge in [0, 0.05) is 37.4 Å². The van der Waals surface area contributed by atoms with E-state index in [-0.39, 0.29) is 42.9 Å². The van der Waals surface area contributed by atoms with Crippen LogP contribution in [0.15, 0.2) is 77.4 Å². The van der Waals surface area contributed by atoms with Gasteiger partial charge in [0.2, 0.25) is 5.91 Å². The fourth-order valence-corrected chi connectivity index (χ4v) is 4.08. The van der Waals surface area contributed by atoms with E-state index in [1.807, 2.05) is 30.3 Å². The first kappa shape index (κ1) is 24.2. The number of carbonyl (C=O) groups is 2. The summed E-state index contributed by atoms with van der Waals surface area (Å²) < 4.78 is 11.2. The molecule has 182 valence electrons. The van der Waals surface area contributed by atoms with Gasteiger partial charge in [-0.25, -0.2) is 0 Å². The second-order valence-corrected chi connectivity index (χ2v) is 8.44. The van der Waals surface area contributed by atoms with E-state index in [0.29, 0.717) is 18.9 Å². The van der Waals surface area contributed by atoms with Crippen LogP contribution in [0.3, 0.4) is 0 Å². The first-order chi connectivity index (χ1) is 17.0. The molecule has 1 fully saturated rings. The molecule has 0 spiro atoms. The Morgan fingerprint density at radius 1 is 1.00 bits per heavy atom. The van der Waals surface area contributed by atoms with Crippen molar-refractivity contribution in [2.24, 2.45) is 0 Å². The molecule has 1 aliphatic rings. The molecule has 0 N–H and O–H groups in total. The van der Waals surface area contributed by atoms with E-state index in [1.165, 1.54) is 29.2 Å². The molecule has 35 heavy (non-hydrogen) atoms. The summed E-state index contributed by atoms with van der Waals surface area (Å²) in [6.45, 7) is 1.25. The molecule has 2 amide bonds. The standard InChI is InChI=1S/C26H27N3O6/c30-25(27(17-23-11-5-13-34-23)16-20-7-2-1-3-8-20)19-28(18-24-12-6-14-35-24)26(31)21-9-4-10-22(15-21)29(32)33/h1-5,7-11,13,15,24H,6,12,14,16-19H2/t24-/m0/s1. The Bertz CT molecular complexity index is 1140. The molecule has 4 rings (SSSR count). The van der Waals surface area contributed by atoms with Crippen LogP contribution in [0.5, 0.6) is 0 Å². The zero-order valence-corrected chi connectivity index (χ0v) is 19.2. The number of hydrogen-bond donors (Lipinski definition) is 0. The van der Waals surface area contributed by atoms with Gasteiger partial charge in [0.1, 0.15) is 12.3 Å². The van der Waals surface area contributed by atoms with Gasteiger partial charge in [-0.15, -0.1) is 0 Å². The summed E-state index contributed by atoms with van der Waals surface area (Å²) in [5.41, 5.74) is 0.927. The molecule has 9 nitrogen and oxygen atoms in total. The zero-order valence-electron chi connectivity index (χ0n) is 19.2. The number of hydrogen-bond acceptors (Lipinski definition) is 6. The Kier molecular flexibility index (Phi) is 7.89. The molecule has 0 unspecified atom stereocenters. The molecule has 2 heterocycles. The van der Waals surface area contributed by atoms with Gasteiger partial charge < -0.3 is 19.0 Å². The highest BCUT2D eigenvalue weighted by Crippen LogP contribution is 2.19. The lowest BCUT2D eigenvalue weighted by Gasteiger charge is -2.29. The Labute approximate surface area is 203 Å². The molecule has 1 saturated heterocycles. The molecule has 0 radical (unpaired) electrons. The van der Waals surface area contributed by atoms with Gasteiger partial charge in [0.25, 0.3) is 11.6 Å². The van der Waals surface area contributed by atoms with Gasteiger partial charge in [-0.1, -0.05) is 36.4 Å². The first-order valence-corrected chi connectivity index (χ1v) is 11.5. The molecule has 1 aromatic heterocycles. The number of non-ortho nitro benzene ring substituents is 1. The predicted octanol–water partition coefficient (Wildman–Crippen LogP) is 4.04. The Morgan fingerprint density at radius 2 is 1.83 bits per heavy atom. The number of nitro groups is 1. The summed E-state index contributed by atoms with van der Waals surface area (Å²) in [7, 11) is 0. The average Bonchev–Trinajstić information content (AvgIpc) is 3.58. The minimum atomic E-state index is -0.544. The second kappa shape index (κ2) is 11.4. The SMILES string of the molecule is O=C(CN(C[C@@H]1CCCO1)C(=O)c1cccc([N+](=O)[O-])c1)N(Cc1ccccc1)Cc1ccco1. The monoisotopic (exact) mass is 477 g/mol. The van der Waals surface area contributed by atoms with Crippen LogP contribution >= 0.6 is 0 Å². The van der Waals surface area contributed by atoms with Gasteiger partial charge in [-0.2, -0.15) is 0 Å². The van der Waals surface area contributed by atoms with Crippen molar-refractivity contribution in [3.05, 3.63) is 100.0 Å². The van der Waals surface area contributed by atoms with Crippen molar-refractivity contribution < 1.29 is 23.7 Å². The van der Waals surface area contributed by atoms with Gasteiger partial charge in [0.05, 0.1) is 23.8 Å². The van der Waals surface area contributed by atoms with E-state index in [1.54, 1.807) is 23.3 Å². The lowest BCUT2D eigenvalue weighted by atomic mass is 10.1. The zero-order chi connectivity index (χ0) is 24.6. The Balaban J connectivity index is 1.56. The third-order valence-corrected chi connectivity index (χ3v) is 5.86. The molecule has 3 aromatic rings. The van der Waals surface area contributed by atoms with Crippen molar-refractivity contribution in [1.29, 1.82) is 0 Å². The van der Waals surface area contributed by atoms with E-state index in [9.17, 15) is 19.7 Å². The molecular weight excluding hydrogens is 450 g/mol. The molecule has 9 heteroatoms. The predicted molar refractivity (Wildman–Crippen MR) is 127 cm³/mol. The Hall–Kier alpha value is -3.98. The van der Waals surface area contributed by atoms with Crippen LogP contribution in [0.25, 0.3) is 0 Å². The highest BCUT2D eigenvalue weighted by Gasteiger charge is 2.28. The van der Waals surface area contributed by atoms with E-state index in [0.717, 1.165) is 18.4 Å². The summed E-state index contributed by atoms with van der Waals surface area (Å²) in [4.78, 5) is 40.6. The molecule has 0 bridgehead atoms. The number of nitro benzene ring substituents is 1. The van der Waals surface area contributed by atoms with Crippen LogP contribution in [-0.4, -0.2) is 52.3 Å². The maximum absolute atomic E-state index is 13.5. The van der Waals surface area contributed by atoms with Gasteiger partial charge in [0.15, 0.2) is 0 Å². The van der Waals surface area contributed by atoms with E-state index in [2.05, 4.69) is 0 Å². The number of amides is 2. The van der Waals surface area contributed by atoms with Crippen molar-refractivity contribution in [3.8, 4) is 0 Å². The third kappa shape index (κ3) is 6.54. The van der Waals surface area contributed by atoms with Crippen LogP contribution in [0.4, 0.5) is 5.69 Å². The van der Waals surface area contributed by atoms with E-state index < -0.39 is 10.8 Å². The van der Waals surface area contributed by atoms with Gasteiger partial charge in [-0.3, -0.25) is 19.7 Å². The normalized spacial score (nSPS) is 15.0. The largest absolute Gasteiger partial charge is 0.467 e. The summed E-state index contributed by atoms with van der Waals surface area (Å²) in [5, 5.41) is 11.2. The molecule has 1 atom stereocenters. The number of nitrogens with zero attached hydrogens (tertiary/aromatic N) is 3. The van der Waals surface area contributed by atoms with Crippen LogP contribution < -0.4 is 0 Å². The minimum absolute atomic E-state index is 0.158. The summed E-state index contributed by atoms with van der Waals surface area (Å²) in [5.74, 6) is -0.0813. The highest BCUT2D eigenvalue weighted by molar-refractivity contribution is 5.97. The first-order valence-electron chi connectivity index (χ1n) is 11.5. The van der Waals surface area contributed by atoms with Gasteiger partial charge in [-0.05, 0) is 36.6 Å². The minimum Gasteiger partial charge on any atom is -0.467 e. The lowest BCUT2D eigenvalue weighted by molar-refractivity contribution is -0.384.